The van der Waals surface area contributed by atoms with Gasteiger partial charge in [0.15, 0.2) is 6.61 Å². The Morgan fingerprint density at radius 3 is 2.77 bits per heavy atom. The number of carbonyl (C=O) groups is 2. The number of nitrogens with one attached hydrogen (secondary N) is 1. The Morgan fingerprint density at radius 1 is 1.32 bits per heavy atom. The molecule has 0 saturated carbocycles. The van der Waals surface area contributed by atoms with Gasteiger partial charge in [-0.05, 0) is 25.5 Å². The number of rotatable bonds is 5. The molecule has 0 radical (unpaired) electrons. The highest BCUT2D eigenvalue weighted by Crippen LogP contribution is 2.13. The molecule has 0 saturated heterocycles. The molecule has 1 aromatic carbocycles. The molecule has 0 aliphatic heterocycles. The van der Waals surface area contributed by atoms with E-state index in [4.69, 9.17) is 9.15 Å². The minimum Gasteiger partial charge on any atom is -0.452 e. The molecular weight excluding hydrogens is 286 g/mol. The Balaban J connectivity index is 2.08. The van der Waals surface area contributed by atoms with Crippen molar-refractivity contribution in [1.82, 2.24) is 5.32 Å². The summed E-state index contributed by atoms with van der Waals surface area (Å²) in [6.45, 7) is 3.34. The molecule has 22 heavy (non-hydrogen) atoms. The summed E-state index contributed by atoms with van der Waals surface area (Å²) >= 11 is 0. The molecule has 0 unspecified atom stereocenters. The smallest absolute Gasteiger partial charge is 0.351 e. The molecule has 6 heteroatoms. The summed E-state index contributed by atoms with van der Waals surface area (Å²) < 4.78 is 9.90. The van der Waals surface area contributed by atoms with Gasteiger partial charge in [0.25, 0.3) is 5.91 Å². The zero-order valence-corrected chi connectivity index (χ0v) is 12.4. The van der Waals surface area contributed by atoms with E-state index in [0.717, 1.165) is 6.42 Å². The van der Waals surface area contributed by atoms with E-state index in [1.165, 1.54) is 6.07 Å². The molecule has 116 valence electrons. The van der Waals surface area contributed by atoms with E-state index in [2.05, 4.69) is 5.32 Å². The predicted octanol–water partition coefficient (Wildman–Crippen LogP) is 1.86. The Kier molecular flexibility index (Phi) is 4.93. The second kappa shape index (κ2) is 6.89. The summed E-state index contributed by atoms with van der Waals surface area (Å²) in [5.74, 6) is -1.29. The highest BCUT2D eigenvalue weighted by molar-refractivity contribution is 5.94. The first-order chi connectivity index (χ1) is 10.5. The number of para-hydroxylation sites is 1. The number of hydrogen-bond acceptors (Lipinski definition) is 5. The normalized spacial score (nSPS) is 11.9. The Hall–Kier alpha value is -2.63. The van der Waals surface area contributed by atoms with Crippen LogP contribution in [0.15, 0.2) is 39.5 Å². The number of hydrogen-bond donors (Lipinski definition) is 1. The third-order valence-corrected chi connectivity index (χ3v) is 3.22. The fraction of sp³-hybridized carbons (Fsp3) is 0.312. The molecule has 0 bridgehead atoms. The van der Waals surface area contributed by atoms with Gasteiger partial charge in [0.2, 0.25) is 0 Å². The second-order valence-corrected chi connectivity index (χ2v) is 4.94. The van der Waals surface area contributed by atoms with Crippen molar-refractivity contribution in [1.29, 1.82) is 0 Å². The number of esters is 1. The van der Waals surface area contributed by atoms with Crippen LogP contribution in [0.1, 0.15) is 30.6 Å². The highest BCUT2D eigenvalue weighted by Gasteiger charge is 2.17. The maximum atomic E-state index is 11.9. The van der Waals surface area contributed by atoms with Gasteiger partial charge in [0.05, 0.1) is 0 Å². The van der Waals surface area contributed by atoms with Crippen molar-refractivity contribution in [2.75, 3.05) is 6.61 Å². The summed E-state index contributed by atoms with van der Waals surface area (Å²) in [5, 5.41) is 3.27. The Morgan fingerprint density at radius 2 is 2.05 bits per heavy atom. The highest BCUT2D eigenvalue weighted by atomic mass is 16.5. The SMILES string of the molecule is CC[C@@H](C)NC(=O)COC(=O)c1cc2ccccc2oc1=O. The quantitative estimate of drug-likeness (QED) is 0.673. The Bertz CT molecular complexity index is 750. The first-order valence-corrected chi connectivity index (χ1v) is 7.00. The van der Waals surface area contributed by atoms with Gasteiger partial charge in [-0.25, -0.2) is 9.59 Å². The van der Waals surface area contributed by atoms with Crippen LogP contribution in [-0.4, -0.2) is 24.5 Å². The van der Waals surface area contributed by atoms with E-state index in [0.29, 0.717) is 11.0 Å². The maximum absolute atomic E-state index is 11.9. The Labute approximate surface area is 127 Å². The average Bonchev–Trinajstić information content (AvgIpc) is 2.51. The van der Waals surface area contributed by atoms with Gasteiger partial charge < -0.3 is 14.5 Å². The molecule has 6 nitrogen and oxygen atoms in total. The lowest BCUT2D eigenvalue weighted by Crippen LogP contribution is -2.35. The van der Waals surface area contributed by atoms with Gasteiger partial charge in [0.1, 0.15) is 11.1 Å². The van der Waals surface area contributed by atoms with Gasteiger partial charge in [-0.2, -0.15) is 0 Å². The van der Waals surface area contributed by atoms with Crippen LogP contribution in [0.25, 0.3) is 11.0 Å². The van der Waals surface area contributed by atoms with Crippen LogP contribution >= 0.6 is 0 Å². The second-order valence-electron chi connectivity index (χ2n) is 4.94. The molecule has 1 aromatic heterocycles. The molecule has 1 atom stereocenters. The van der Waals surface area contributed by atoms with Gasteiger partial charge in [-0.15, -0.1) is 0 Å². The van der Waals surface area contributed by atoms with Crippen LogP contribution in [0.5, 0.6) is 0 Å². The van der Waals surface area contributed by atoms with E-state index in [1.54, 1.807) is 24.3 Å². The summed E-state index contributed by atoms with van der Waals surface area (Å²) in [7, 11) is 0. The zero-order chi connectivity index (χ0) is 16.1. The fourth-order valence-corrected chi connectivity index (χ4v) is 1.83. The van der Waals surface area contributed by atoms with Crippen molar-refractivity contribution in [3.8, 4) is 0 Å². The van der Waals surface area contributed by atoms with Crippen LogP contribution in [0.4, 0.5) is 0 Å². The molecule has 2 aromatic rings. The first-order valence-electron chi connectivity index (χ1n) is 7.00. The number of fused-ring (bicyclic) bond motifs is 1. The van der Waals surface area contributed by atoms with Gasteiger partial charge in [-0.1, -0.05) is 25.1 Å². The van der Waals surface area contributed by atoms with E-state index in [-0.39, 0.29) is 11.6 Å². The summed E-state index contributed by atoms with van der Waals surface area (Å²) in [5.41, 5.74) is -0.625. The molecule has 0 spiro atoms. The van der Waals surface area contributed by atoms with Gasteiger partial charge >= 0.3 is 11.6 Å². The van der Waals surface area contributed by atoms with E-state index in [9.17, 15) is 14.4 Å². The van der Waals surface area contributed by atoms with E-state index >= 15 is 0 Å². The fourth-order valence-electron chi connectivity index (χ4n) is 1.83. The molecule has 1 heterocycles. The van der Waals surface area contributed by atoms with Crippen molar-refractivity contribution in [2.45, 2.75) is 26.3 Å². The van der Waals surface area contributed by atoms with Crippen LogP contribution in [-0.2, 0) is 9.53 Å². The van der Waals surface area contributed by atoms with E-state index in [1.807, 2.05) is 13.8 Å². The van der Waals surface area contributed by atoms with Gasteiger partial charge in [0, 0.05) is 11.4 Å². The number of ether oxygens (including phenoxy) is 1. The van der Waals surface area contributed by atoms with Crippen molar-refractivity contribution >= 4 is 22.8 Å². The molecule has 1 amide bonds. The van der Waals surface area contributed by atoms with E-state index < -0.39 is 24.1 Å². The monoisotopic (exact) mass is 303 g/mol. The molecule has 1 N–H and O–H groups in total. The lowest BCUT2D eigenvalue weighted by atomic mass is 10.2. The molecule has 0 aliphatic carbocycles. The third kappa shape index (κ3) is 3.72. The van der Waals surface area contributed by atoms with Crippen LogP contribution in [0, 0.1) is 0 Å². The van der Waals surface area contributed by atoms with Gasteiger partial charge in [-0.3, -0.25) is 4.79 Å². The standard InChI is InChI=1S/C16H17NO5/c1-3-10(2)17-14(18)9-21-15(19)12-8-11-6-4-5-7-13(11)22-16(12)20/h4-8,10H,3,9H2,1-2H3,(H,17,18)/t10-/m1/s1. The predicted molar refractivity (Wildman–Crippen MR) is 80.7 cm³/mol. The van der Waals surface area contributed by atoms with Crippen molar-refractivity contribution in [3.63, 3.8) is 0 Å². The largest absolute Gasteiger partial charge is 0.452 e. The summed E-state index contributed by atoms with van der Waals surface area (Å²) in [6.07, 6.45) is 0.772. The number of amides is 1. The topological polar surface area (TPSA) is 85.6 Å². The lowest BCUT2D eigenvalue weighted by Gasteiger charge is -2.11. The molecule has 2 rings (SSSR count). The average molecular weight is 303 g/mol. The van der Waals surface area contributed by atoms with Crippen molar-refractivity contribution in [2.24, 2.45) is 0 Å². The minimum atomic E-state index is -0.876. The molecular formula is C16H17NO5. The van der Waals surface area contributed by atoms with Crippen LogP contribution < -0.4 is 10.9 Å². The maximum Gasteiger partial charge on any atom is 0.351 e. The molecule has 0 fully saturated rings. The summed E-state index contributed by atoms with van der Waals surface area (Å²) in [6, 6.07) is 8.23. The third-order valence-electron chi connectivity index (χ3n) is 3.22. The number of benzene rings is 1. The minimum absolute atomic E-state index is 0.00283. The van der Waals surface area contributed by atoms with Crippen LogP contribution in [0.2, 0.25) is 0 Å². The lowest BCUT2D eigenvalue weighted by molar-refractivity contribution is -0.124. The van der Waals surface area contributed by atoms with Crippen LogP contribution in [0.3, 0.4) is 0 Å². The number of carbonyl (C=O) groups excluding carboxylic acids is 2. The molecule has 0 aliphatic rings. The zero-order valence-electron chi connectivity index (χ0n) is 12.4. The first kappa shape index (κ1) is 15.8. The summed E-state index contributed by atoms with van der Waals surface area (Å²) in [4.78, 5) is 35.2. The van der Waals surface area contributed by atoms with Crippen molar-refractivity contribution < 1.29 is 18.7 Å². The van der Waals surface area contributed by atoms with Crippen molar-refractivity contribution in [3.05, 3.63) is 46.3 Å².